The number of nitrogens with zero attached hydrogens (tertiary/aromatic N) is 4. The molecule has 3 saturated heterocycles. The van der Waals surface area contributed by atoms with Gasteiger partial charge in [-0.25, -0.2) is 4.98 Å². The van der Waals surface area contributed by atoms with E-state index in [1.54, 1.807) is 32.1 Å². The first-order valence-electron chi connectivity index (χ1n) is 16.5. The zero-order valence-electron chi connectivity index (χ0n) is 25.1. The average molecular weight is 552 g/mol. The summed E-state index contributed by atoms with van der Waals surface area (Å²) in [6.45, 7) is 8.40. The summed E-state index contributed by atoms with van der Waals surface area (Å²) < 4.78 is 2.53. The molecule has 7 nitrogen and oxygen atoms in total. The van der Waals surface area contributed by atoms with Crippen molar-refractivity contribution in [3.05, 3.63) is 30.1 Å². The Morgan fingerprint density at radius 3 is 2.02 bits per heavy atom. The Morgan fingerprint density at radius 1 is 0.850 bits per heavy atom. The molecule has 1 aromatic carbocycles. The number of hydrogen-bond donors (Lipinski definition) is 2. The molecular formula is C33H53N5O2. The van der Waals surface area contributed by atoms with Gasteiger partial charge in [-0.15, -0.1) is 0 Å². The molecule has 7 rings (SSSR count). The van der Waals surface area contributed by atoms with Gasteiger partial charge in [0.1, 0.15) is 5.82 Å². The largest absolute Gasteiger partial charge is 0.480 e. The summed E-state index contributed by atoms with van der Waals surface area (Å²) in [4.78, 5) is 20.5. The molecule has 2 aromatic rings. The van der Waals surface area contributed by atoms with E-state index in [-0.39, 0.29) is 6.54 Å². The monoisotopic (exact) mass is 551 g/mol. The van der Waals surface area contributed by atoms with Gasteiger partial charge in [-0.2, -0.15) is 0 Å². The van der Waals surface area contributed by atoms with Crippen LogP contribution in [0.1, 0.15) is 103 Å². The van der Waals surface area contributed by atoms with Crippen LogP contribution in [0.15, 0.2) is 24.3 Å². The molecule has 2 aliphatic carbocycles. The first kappa shape index (κ1) is 29.5. The summed E-state index contributed by atoms with van der Waals surface area (Å²) in [5, 5.41) is 12.8. The highest BCUT2D eigenvalue weighted by molar-refractivity contribution is 5.76. The molecule has 1 aromatic heterocycles. The predicted octanol–water partition coefficient (Wildman–Crippen LogP) is 6.09. The van der Waals surface area contributed by atoms with Crippen molar-refractivity contribution in [2.24, 2.45) is 11.8 Å². The Balaban J connectivity index is 0.000000246. The number of para-hydroxylation sites is 2. The van der Waals surface area contributed by atoms with Crippen LogP contribution in [0.25, 0.3) is 11.0 Å². The standard InChI is InChI=1S/C22H31N5O2.C9H16.C2H6/c28-22(29)15-26-10-8-25(9-11-26)14-21-24-19-6-1-2-7-20(19)27(21)18-12-16-4-3-5-17(13-18)23-16;1-3-8-5-2-6-9(4-1)7-8;1-2/h1-2,6-7,16-18,23H,3-5,8-15H2,(H,28,29);8-9H,1-7H2;1-2H3. The number of carboxylic acid groups (broad SMARTS) is 1. The molecule has 3 aliphatic heterocycles. The van der Waals surface area contributed by atoms with Crippen LogP contribution in [-0.4, -0.2) is 75.2 Å². The third-order valence-corrected chi connectivity index (χ3v) is 10.0. The normalized spacial score (nSPS) is 30.5. The molecule has 0 radical (unpaired) electrons. The lowest BCUT2D eigenvalue weighted by atomic mass is 9.72. The highest BCUT2D eigenvalue weighted by Gasteiger charge is 2.34. The van der Waals surface area contributed by atoms with Crippen molar-refractivity contribution in [2.45, 2.75) is 116 Å². The van der Waals surface area contributed by atoms with Gasteiger partial charge in [-0.1, -0.05) is 70.9 Å². The molecule has 5 fully saturated rings. The van der Waals surface area contributed by atoms with Crippen LogP contribution in [0.3, 0.4) is 0 Å². The maximum absolute atomic E-state index is 11.0. The Hall–Kier alpha value is -1.96. The van der Waals surface area contributed by atoms with E-state index in [0.717, 1.165) is 50.1 Å². The highest BCUT2D eigenvalue weighted by atomic mass is 16.4. The van der Waals surface area contributed by atoms with Crippen molar-refractivity contribution < 1.29 is 9.90 Å². The lowest BCUT2D eigenvalue weighted by molar-refractivity contribution is -0.138. The maximum atomic E-state index is 11.0. The molecule has 5 aliphatic rings. The topological polar surface area (TPSA) is 73.6 Å². The Labute approximate surface area is 241 Å². The second-order valence-corrected chi connectivity index (χ2v) is 12.8. The van der Waals surface area contributed by atoms with Gasteiger partial charge in [-0.05, 0) is 56.1 Å². The van der Waals surface area contributed by atoms with E-state index in [0.29, 0.717) is 18.1 Å². The van der Waals surface area contributed by atoms with Gasteiger partial charge >= 0.3 is 5.97 Å². The smallest absolute Gasteiger partial charge is 0.317 e. The van der Waals surface area contributed by atoms with Crippen molar-refractivity contribution in [3.8, 4) is 0 Å². The summed E-state index contributed by atoms with van der Waals surface area (Å²) in [5.41, 5.74) is 2.35. The van der Waals surface area contributed by atoms with E-state index >= 15 is 0 Å². The molecule has 4 heterocycles. The van der Waals surface area contributed by atoms with Crippen molar-refractivity contribution >= 4 is 17.0 Å². The fraction of sp³-hybridized carbons (Fsp3) is 0.758. The number of fused-ring (bicyclic) bond motifs is 5. The summed E-state index contributed by atoms with van der Waals surface area (Å²) in [6.07, 6.45) is 17.2. The van der Waals surface area contributed by atoms with Gasteiger partial charge in [0.2, 0.25) is 0 Å². The van der Waals surface area contributed by atoms with Gasteiger partial charge in [0, 0.05) is 44.3 Å². The molecule has 4 bridgehead atoms. The lowest BCUT2D eigenvalue weighted by Crippen LogP contribution is -2.49. The molecule has 0 amide bonds. The number of nitrogens with one attached hydrogen (secondary N) is 1. The number of aliphatic carboxylic acids is 1. The van der Waals surface area contributed by atoms with Crippen LogP contribution in [0, 0.1) is 11.8 Å². The van der Waals surface area contributed by atoms with Gasteiger partial charge in [0.25, 0.3) is 0 Å². The number of piperazine rings is 1. The van der Waals surface area contributed by atoms with E-state index in [4.69, 9.17) is 10.1 Å². The SMILES string of the molecule is C1CC2CCCC(C1)C2.CC.O=C(O)CN1CCN(Cc2nc3ccccc3n2C2CC3CCCC(C2)N3)CC1. The third kappa shape index (κ3) is 7.46. The second-order valence-electron chi connectivity index (χ2n) is 12.8. The minimum atomic E-state index is -0.739. The zero-order valence-corrected chi connectivity index (χ0v) is 25.1. The van der Waals surface area contributed by atoms with Gasteiger partial charge < -0.3 is 15.0 Å². The van der Waals surface area contributed by atoms with E-state index in [1.807, 2.05) is 18.7 Å². The van der Waals surface area contributed by atoms with Crippen molar-refractivity contribution in [3.63, 3.8) is 0 Å². The van der Waals surface area contributed by atoms with E-state index in [9.17, 15) is 4.79 Å². The van der Waals surface area contributed by atoms with E-state index < -0.39 is 5.97 Å². The van der Waals surface area contributed by atoms with Gasteiger partial charge in [-0.3, -0.25) is 14.6 Å². The van der Waals surface area contributed by atoms with Crippen LogP contribution in [0.4, 0.5) is 0 Å². The summed E-state index contributed by atoms with van der Waals surface area (Å²) in [5.74, 6) is 2.73. The number of benzene rings is 1. The maximum Gasteiger partial charge on any atom is 0.317 e. The number of piperidine rings is 2. The van der Waals surface area contributed by atoms with Crippen LogP contribution in [0.5, 0.6) is 0 Å². The molecule has 2 unspecified atom stereocenters. The first-order valence-corrected chi connectivity index (χ1v) is 16.5. The summed E-state index contributed by atoms with van der Waals surface area (Å²) in [7, 11) is 0. The average Bonchev–Trinajstić information content (AvgIpc) is 3.33. The number of imidazole rings is 1. The summed E-state index contributed by atoms with van der Waals surface area (Å²) in [6, 6.07) is 10.3. The first-order chi connectivity index (χ1) is 19.6. The number of carbonyl (C=O) groups is 1. The Bertz CT molecular complexity index is 1050. The molecule has 2 N–H and O–H groups in total. The van der Waals surface area contributed by atoms with Crippen molar-refractivity contribution in [2.75, 3.05) is 32.7 Å². The minimum Gasteiger partial charge on any atom is -0.480 e. The second kappa shape index (κ2) is 14.3. The van der Waals surface area contributed by atoms with Crippen LogP contribution in [-0.2, 0) is 11.3 Å². The number of carboxylic acids is 1. The molecule has 2 atom stereocenters. The zero-order chi connectivity index (χ0) is 27.9. The molecular weight excluding hydrogens is 498 g/mol. The van der Waals surface area contributed by atoms with Crippen LogP contribution < -0.4 is 5.32 Å². The minimum absolute atomic E-state index is 0.143. The summed E-state index contributed by atoms with van der Waals surface area (Å²) >= 11 is 0. The highest BCUT2D eigenvalue weighted by Crippen LogP contribution is 2.39. The number of rotatable bonds is 5. The van der Waals surface area contributed by atoms with Crippen LogP contribution in [0.2, 0.25) is 0 Å². The fourth-order valence-corrected chi connectivity index (χ4v) is 8.18. The van der Waals surface area contributed by atoms with E-state index in [2.05, 4.69) is 39.0 Å². The quantitative estimate of drug-likeness (QED) is 0.469. The molecule has 2 saturated carbocycles. The van der Waals surface area contributed by atoms with Gasteiger partial charge in [0.05, 0.1) is 24.1 Å². The Kier molecular flexibility index (Phi) is 10.5. The molecule has 40 heavy (non-hydrogen) atoms. The number of hydrogen-bond acceptors (Lipinski definition) is 5. The van der Waals surface area contributed by atoms with Crippen LogP contribution >= 0.6 is 0 Å². The van der Waals surface area contributed by atoms with Crippen molar-refractivity contribution in [1.82, 2.24) is 24.7 Å². The number of aromatic nitrogens is 2. The molecule has 222 valence electrons. The predicted molar refractivity (Wildman–Crippen MR) is 163 cm³/mol. The fourth-order valence-electron chi connectivity index (χ4n) is 8.18. The molecule has 7 heteroatoms. The van der Waals surface area contributed by atoms with Crippen molar-refractivity contribution in [1.29, 1.82) is 0 Å². The molecule has 0 spiro atoms. The Morgan fingerprint density at radius 2 is 1.43 bits per heavy atom. The lowest BCUT2D eigenvalue weighted by Gasteiger charge is -2.41. The van der Waals surface area contributed by atoms with E-state index in [1.165, 1.54) is 56.3 Å². The van der Waals surface area contributed by atoms with Gasteiger partial charge in [0.15, 0.2) is 0 Å². The third-order valence-electron chi connectivity index (χ3n) is 10.0.